The van der Waals surface area contributed by atoms with Gasteiger partial charge in [-0.05, 0) is 54.2 Å². The van der Waals surface area contributed by atoms with Crippen molar-refractivity contribution in [2.75, 3.05) is 13.7 Å². The van der Waals surface area contributed by atoms with Gasteiger partial charge in [-0.2, -0.15) is 9.52 Å². The van der Waals surface area contributed by atoms with Crippen molar-refractivity contribution in [2.45, 2.75) is 88.0 Å². The molecule has 1 aromatic carbocycles. The lowest BCUT2D eigenvalue weighted by molar-refractivity contribution is -0.142. The van der Waals surface area contributed by atoms with Crippen LogP contribution in [-0.4, -0.2) is 99.6 Å². The zero-order chi connectivity index (χ0) is 32.2. The van der Waals surface area contributed by atoms with E-state index in [9.17, 15) is 31.9 Å². The van der Waals surface area contributed by atoms with Gasteiger partial charge in [0.05, 0.1) is 30.0 Å². The molecule has 1 unspecified atom stereocenters. The number of aromatic nitrogens is 4. The maximum atomic E-state index is 13.9. The lowest BCUT2D eigenvalue weighted by Crippen LogP contribution is -2.60. The van der Waals surface area contributed by atoms with Gasteiger partial charge in [-0.25, -0.2) is 17.2 Å². The van der Waals surface area contributed by atoms with Crippen molar-refractivity contribution in [1.82, 2.24) is 35.1 Å². The highest BCUT2D eigenvalue weighted by Gasteiger charge is 2.66. The molecule has 1 aromatic heterocycles. The number of rotatable bonds is 11. The number of methoxy groups -OCH3 is 1. The Labute approximate surface area is 253 Å². The average Bonchev–Trinajstić information content (AvgIpc) is 3.85. The number of hydrogen-bond acceptors (Lipinski definition) is 10. The third-order valence-corrected chi connectivity index (χ3v) is 10.5. The number of alkyl halides is 2. The van der Waals surface area contributed by atoms with Crippen molar-refractivity contribution < 1.29 is 36.6 Å². The molecule has 17 heteroatoms. The summed E-state index contributed by atoms with van der Waals surface area (Å²) in [6.07, 6.45) is -4.50. The average molecular weight is 641 g/mol. The number of carbonyl (C=O) groups excluding carboxylic acids is 2. The number of carbonyl (C=O) groups is 2. The predicted octanol–water partition coefficient (Wildman–Crippen LogP) is 0.404. The number of likely N-dealkylation sites (tertiary alicyclic amines) is 1. The topological polar surface area (TPSA) is 195 Å². The van der Waals surface area contributed by atoms with Crippen LogP contribution < -0.4 is 20.5 Å². The molecule has 2 amide bonds. The van der Waals surface area contributed by atoms with Crippen molar-refractivity contribution in [2.24, 2.45) is 17.1 Å². The molecule has 1 saturated heterocycles. The summed E-state index contributed by atoms with van der Waals surface area (Å²) in [4.78, 5) is 29.9. The molecule has 2 aromatic rings. The summed E-state index contributed by atoms with van der Waals surface area (Å²) in [5.74, 6) is -1.92. The van der Waals surface area contributed by atoms with E-state index in [0.717, 1.165) is 0 Å². The molecule has 0 spiro atoms. The Hall–Kier alpha value is -3.28. The van der Waals surface area contributed by atoms with Crippen molar-refractivity contribution in [3.8, 4) is 17.1 Å². The van der Waals surface area contributed by atoms with Crippen LogP contribution in [0.25, 0.3) is 11.4 Å². The minimum Gasteiger partial charge on any atom is -0.497 e. The van der Waals surface area contributed by atoms with Crippen molar-refractivity contribution in [1.29, 1.82) is 0 Å². The number of aliphatic hydroxyl groups excluding tert-OH is 1. The van der Waals surface area contributed by atoms with Gasteiger partial charge in [-0.3, -0.25) is 9.59 Å². The molecule has 2 saturated carbocycles. The van der Waals surface area contributed by atoms with E-state index in [4.69, 9.17) is 10.5 Å². The molecule has 14 nitrogen and oxygen atoms in total. The smallest absolute Gasteiger partial charge is 0.243 e. The molecule has 3 aliphatic rings. The molecule has 2 aliphatic carbocycles. The van der Waals surface area contributed by atoms with E-state index < -0.39 is 74.7 Å². The number of hydrogen-bond donors (Lipinski definition) is 4. The van der Waals surface area contributed by atoms with Crippen LogP contribution in [0.4, 0.5) is 8.78 Å². The van der Waals surface area contributed by atoms with Gasteiger partial charge >= 0.3 is 0 Å². The highest BCUT2D eigenvalue weighted by molar-refractivity contribution is 7.90. The fourth-order valence-corrected chi connectivity index (χ4v) is 6.92. The van der Waals surface area contributed by atoms with Gasteiger partial charge in [0.15, 0.2) is 0 Å². The second-order valence-electron chi connectivity index (χ2n) is 12.8. The van der Waals surface area contributed by atoms with Crippen molar-refractivity contribution in [3.63, 3.8) is 0 Å². The van der Waals surface area contributed by atoms with Crippen LogP contribution in [0.5, 0.6) is 5.75 Å². The third kappa shape index (κ3) is 6.27. The molecular formula is C27H38F2N8O6S. The first kappa shape index (κ1) is 32.1. The van der Waals surface area contributed by atoms with Crippen LogP contribution in [0.3, 0.4) is 0 Å². The van der Waals surface area contributed by atoms with Crippen molar-refractivity contribution in [3.05, 3.63) is 24.3 Å². The van der Waals surface area contributed by atoms with E-state index in [0.29, 0.717) is 30.0 Å². The number of aliphatic hydroxyl groups is 1. The number of tetrazole rings is 1. The van der Waals surface area contributed by atoms with E-state index in [2.05, 4.69) is 25.4 Å². The van der Waals surface area contributed by atoms with Crippen LogP contribution in [0.15, 0.2) is 24.3 Å². The minimum absolute atomic E-state index is 0.00777. The Morgan fingerprint density at radius 1 is 1.20 bits per heavy atom. The molecule has 5 N–H and O–H groups in total. The van der Waals surface area contributed by atoms with Gasteiger partial charge in [0.25, 0.3) is 0 Å². The van der Waals surface area contributed by atoms with Gasteiger partial charge < -0.3 is 25.8 Å². The normalized spacial score (nSPS) is 26.8. The summed E-state index contributed by atoms with van der Waals surface area (Å²) in [7, 11) is -2.42. The SMILES string of the molecule is COc1ccc(-c2nnn([C@@H]3C[C@@H](C(=O)N[C@]4(C(O)NS(=O)(=O)C5CC5)C[C@H]4C(F)F)N(C(=O)[C@@H](N)C(C)(C)C)C3)n2)cc1. The molecule has 0 radical (unpaired) electrons. The molecule has 44 heavy (non-hydrogen) atoms. The number of halogens is 2. The Bertz CT molecular complexity index is 1500. The standard InChI is InChI=1S/C27H38F2N8O6S/c1-26(2,3)20(30)24(39)36-13-15(37-33-22(32-35-37)14-5-7-16(43-4)8-6-14)11-19(36)23(38)31-27(12-18(27)21(28)29)25(40)34-44(41,42)17-9-10-17/h5-8,15,17-21,25,34,40H,9-13,30H2,1-4H3,(H,31,38)/t15-,18+,19+,20-,25?,27-/m1/s1. The third-order valence-electron chi connectivity index (χ3n) is 8.61. The molecule has 3 fully saturated rings. The first-order chi connectivity index (χ1) is 20.6. The van der Waals surface area contributed by atoms with Crippen LogP contribution >= 0.6 is 0 Å². The molecular weight excluding hydrogens is 602 g/mol. The van der Waals surface area contributed by atoms with Crippen molar-refractivity contribution >= 4 is 21.8 Å². The van der Waals surface area contributed by atoms with Crippen LogP contribution in [0, 0.1) is 11.3 Å². The fraction of sp³-hybridized carbons (Fsp3) is 0.667. The summed E-state index contributed by atoms with van der Waals surface area (Å²) in [6, 6.07) is 4.15. The Morgan fingerprint density at radius 2 is 1.86 bits per heavy atom. The fourth-order valence-electron chi connectivity index (χ4n) is 5.45. The second-order valence-corrected chi connectivity index (χ2v) is 14.8. The number of ether oxygens (including phenoxy) is 1. The maximum Gasteiger partial charge on any atom is 0.243 e. The van der Waals surface area contributed by atoms with Crippen LogP contribution in [-0.2, 0) is 19.6 Å². The summed E-state index contributed by atoms with van der Waals surface area (Å²) < 4.78 is 59.9. The number of benzene rings is 1. The Morgan fingerprint density at radius 3 is 2.41 bits per heavy atom. The van der Waals surface area contributed by atoms with Crippen LogP contribution in [0.1, 0.15) is 52.5 Å². The molecule has 0 bridgehead atoms. The van der Waals surface area contributed by atoms with E-state index in [1.165, 1.54) is 9.70 Å². The van der Waals surface area contributed by atoms with E-state index in [1.807, 2.05) is 0 Å². The van der Waals surface area contributed by atoms with E-state index in [1.54, 1.807) is 52.1 Å². The van der Waals surface area contributed by atoms with Crippen LogP contribution in [0.2, 0.25) is 0 Å². The molecule has 6 atom stereocenters. The Balaban J connectivity index is 1.39. The quantitative estimate of drug-likeness (QED) is 0.250. The number of nitrogens with zero attached hydrogens (tertiary/aromatic N) is 5. The summed E-state index contributed by atoms with van der Waals surface area (Å²) in [5, 5.41) is 25.3. The molecule has 1 aliphatic heterocycles. The lowest BCUT2D eigenvalue weighted by Gasteiger charge is -2.34. The summed E-state index contributed by atoms with van der Waals surface area (Å²) in [5.41, 5.74) is 4.32. The highest BCUT2D eigenvalue weighted by atomic mass is 32.2. The summed E-state index contributed by atoms with van der Waals surface area (Å²) in [6.45, 7) is 5.29. The Kier molecular flexibility index (Phi) is 8.45. The molecule has 2 heterocycles. The number of nitrogens with one attached hydrogen (secondary N) is 2. The van der Waals surface area contributed by atoms with E-state index in [-0.39, 0.29) is 19.4 Å². The van der Waals surface area contributed by atoms with Gasteiger partial charge in [0.1, 0.15) is 18.0 Å². The molecule has 242 valence electrons. The first-order valence-corrected chi connectivity index (χ1v) is 15.9. The largest absolute Gasteiger partial charge is 0.497 e. The minimum atomic E-state index is -3.97. The highest BCUT2D eigenvalue weighted by Crippen LogP contribution is 2.50. The lowest BCUT2D eigenvalue weighted by atomic mass is 9.86. The first-order valence-electron chi connectivity index (χ1n) is 14.4. The zero-order valence-electron chi connectivity index (χ0n) is 24.9. The maximum absolute atomic E-state index is 13.9. The monoisotopic (exact) mass is 640 g/mol. The van der Waals surface area contributed by atoms with Gasteiger partial charge in [-0.15, -0.1) is 10.2 Å². The number of sulfonamides is 1. The van der Waals surface area contributed by atoms with Gasteiger partial charge in [0, 0.05) is 24.4 Å². The van der Waals surface area contributed by atoms with E-state index >= 15 is 0 Å². The molecule has 5 rings (SSSR count). The summed E-state index contributed by atoms with van der Waals surface area (Å²) >= 11 is 0. The number of nitrogens with two attached hydrogens (primary N) is 1. The second kappa shape index (κ2) is 11.6. The van der Waals surface area contributed by atoms with Gasteiger partial charge in [-0.1, -0.05) is 20.8 Å². The number of amides is 2. The predicted molar refractivity (Wildman–Crippen MR) is 152 cm³/mol. The zero-order valence-corrected chi connectivity index (χ0v) is 25.7. The van der Waals surface area contributed by atoms with Gasteiger partial charge in [0.2, 0.25) is 34.1 Å².